The van der Waals surface area contributed by atoms with Crippen molar-refractivity contribution in [3.05, 3.63) is 180 Å². The number of hydrogen-bond donors (Lipinski definition) is 0. The Labute approximate surface area is 239 Å². The Bertz CT molecular complexity index is 1990. The van der Waals surface area contributed by atoms with Crippen molar-refractivity contribution in [3.8, 4) is 33.8 Å². The van der Waals surface area contributed by atoms with Crippen molar-refractivity contribution in [1.29, 1.82) is 0 Å². The van der Waals surface area contributed by atoms with Gasteiger partial charge in [-0.15, -0.1) is 0 Å². The summed E-state index contributed by atoms with van der Waals surface area (Å²) in [7, 11) is 0. The van der Waals surface area contributed by atoms with Crippen LogP contribution in [0.5, 0.6) is 0 Å². The van der Waals surface area contributed by atoms with E-state index in [1.807, 2.05) is 18.2 Å². The molecular weight excluding hydrogens is 496 g/mol. The van der Waals surface area contributed by atoms with Crippen LogP contribution in [0, 0.1) is 0 Å². The number of aromatic nitrogens is 2. The molecule has 6 aromatic carbocycles. The largest absolute Gasteiger partial charge is 0.228 e. The van der Waals surface area contributed by atoms with Crippen molar-refractivity contribution in [2.45, 2.75) is 5.41 Å². The van der Waals surface area contributed by atoms with Crippen LogP contribution < -0.4 is 0 Å². The van der Waals surface area contributed by atoms with Crippen molar-refractivity contribution in [1.82, 2.24) is 9.97 Å². The van der Waals surface area contributed by atoms with E-state index in [0.29, 0.717) is 0 Å². The molecule has 0 radical (unpaired) electrons. The third-order valence-corrected chi connectivity index (χ3v) is 8.37. The van der Waals surface area contributed by atoms with Crippen molar-refractivity contribution in [3.63, 3.8) is 0 Å². The van der Waals surface area contributed by atoms with Crippen LogP contribution in [0.2, 0.25) is 0 Å². The maximum Gasteiger partial charge on any atom is 0.160 e. The van der Waals surface area contributed by atoms with E-state index in [1.165, 1.54) is 33.4 Å². The highest BCUT2D eigenvalue weighted by molar-refractivity contribution is 6.02. The molecule has 0 aliphatic heterocycles. The Balaban J connectivity index is 1.50. The van der Waals surface area contributed by atoms with E-state index in [-0.39, 0.29) is 0 Å². The summed E-state index contributed by atoms with van der Waals surface area (Å²) in [5, 5.41) is 1.05. The van der Waals surface area contributed by atoms with E-state index < -0.39 is 5.41 Å². The molecule has 7 aromatic rings. The second-order valence-electron chi connectivity index (χ2n) is 10.5. The molecule has 0 spiro atoms. The number of benzene rings is 6. The zero-order valence-corrected chi connectivity index (χ0v) is 22.4. The third-order valence-electron chi connectivity index (χ3n) is 8.37. The summed E-state index contributed by atoms with van der Waals surface area (Å²) in [6, 6.07) is 56.1. The minimum Gasteiger partial charge on any atom is -0.228 e. The van der Waals surface area contributed by atoms with Crippen LogP contribution in [0.15, 0.2) is 158 Å². The van der Waals surface area contributed by atoms with Gasteiger partial charge in [-0.2, -0.15) is 0 Å². The lowest BCUT2D eigenvalue weighted by molar-refractivity contribution is 0.768. The number of nitrogens with zero attached hydrogens (tertiary/aromatic N) is 2. The minimum absolute atomic E-state index is 0.449. The average Bonchev–Trinajstić information content (AvgIpc) is 3.37. The fraction of sp³-hybridized carbons (Fsp3) is 0.0256. The molecule has 0 amide bonds. The van der Waals surface area contributed by atoms with Gasteiger partial charge >= 0.3 is 0 Å². The highest BCUT2D eigenvalue weighted by Crippen LogP contribution is 2.58. The minimum atomic E-state index is -0.449. The number of hydrogen-bond acceptors (Lipinski definition) is 2. The fourth-order valence-corrected chi connectivity index (χ4v) is 6.69. The Morgan fingerprint density at radius 2 is 0.976 bits per heavy atom. The molecule has 1 heterocycles. The molecule has 1 aliphatic rings. The van der Waals surface area contributed by atoms with Gasteiger partial charge in [-0.3, -0.25) is 0 Å². The van der Waals surface area contributed by atoms with Crippen molar-refractivity contribution < 1.29 is 0 Å². The van der Waals surface area contributed by atoms with Crippen molar-refractivity contribution in [2.24, 2.45) is 0 Å². The van der Waals surface area contributed by atoms with Gasteiger partial charge in [-0.1, -0.05) is 152 Å². The van der Waals surface area contributed by atoms with Gasteiger partial charge in [0.15, 0.2) is 5.82 Å². The summed E-state index contributed by atoms with van der Waals surface area (Å²) < 4.78 is 0. The van der Waals surface area contributed by atoms with Gasteiger partial charge in [0.1, 0.15) is 0 Å². The molecule has 0 N–H and O–H groups in total. The van der Waals surface area contributed by atoms with Crippen LogP contribution in [0.25, 0.3) is 44.7 Å². The van der Waals surface area contributed by atoms with Gasteiger partial charge in [0.25, 0.3) is 0 Å². The molecule has 2 nitrogen and oxygen atoms in total. The second-order valence-corrected chi connectivity index (χ2v) is 10.5. The Morgan fingerprint density at radius 3 is 1.71 bits per heavy atom. The monoisotopic (exact) mass is 522 g/mol. The van der Waals surface area contributed by atoms with E-state index in [9.17, 15) is 0 Å². The first-order valence-electron chi connectivity index (χ1n) is 14.0. The molecule has 1 aliphatic carbocycles. The van der Waals surface area contributed by atoms with Gasteiger partial charge in [0.05, 0.1) is 16.6 Å². The first-order valence-corrected chi connectivity index (χ1v) is 14.0. The van der Waals surface area contributed by atoms with Crippen LogP contribution in [-0.4, -0.2) is 9.97 Å². The topological polar surface area (TPSA) is 25.8 Å². The highest BCUT2D eigenvalue weighted by atomic mass is 14.9. The predicted octanol–water partition coefficient (Wildman–Crippen LogP) is 9.33. The zero-order chi connectivity index (χ0) is 27.2. The quantitative estimate of drug-likeness (QED) is 0.230. The summed E-state index contributed by atoms with van der Waals surface area (Å²) in [4.78, 5) is 10.3. The molecular formula is C39H26N2. The van der Waals surface area contributed by atoms with E-state index in [1.54, 1.807) is 0 Å². The van der Waals surface area contributed by atoms with Gasteiger partial charge in [0, 0.05) is 16.5 Å². The van der Waals surface area contributed by atoms with Gasteiger partial charge in [-0.25, -0.2) is 9.97 Å². The first-order chi connectivity index (χ1) is 20.4. The Morgan fingerprint density at radius 1 is 0.415 bits per heavy atom. The van der Waals surface area contributed by atoms with Crippen LogP contribution >= 0.6 is 0 Å². The fourth-order valence-electron chi connectivity index (χ4n) is 6.69. The highest BCUT2D eigenvalue weighted by Gasteiger charge is 2.46. The van der Waals surface area contributed by atoms with E-state index >= 15 is 0 Å². The van der Waals surface area contributed by atoms with Gasteiger partial charge < -0.3 is 0 Å². The van der Waals surface area contributed by atoms with E-state index in [4.69, 9.17) is 9.97 Å². The van der Waals surface area contributed by atoms with Crippen LogP contribution in [0.3, 0.4) is 0 Å². The van der Waals surface area contributed by atoms with Gasteiger partial charge in [-0.05, 0) is 39.4 Å². The molecule has 1 aromatic heterocycles. The average molecular weight is 523 g/mol. The summed E-state index contributed by atoms with van der Waals surface area (Å²) in [6.07, 6.45) is 0. The van der Waals surface area contributed by atoms with Crippen LogP contribution in [-0.2, 0) is 5.41 Å². The molecule has 0 saturated heterocycles. The molecule has 2 heteroatoms. The molecule has 0 fully saturated rings. The third kappa shape index (κ3) is 3.51. The normalized spacial score (nSPS) is 13.1. The standard InChI is InChI=1S/C39H26N2/c1-4-15-27(16-5-1)38-40-35-26-13-11-22-31(35)37(41-38)32-23-14-25-34-36(32)30-21-10-12-24-33(30)39(34,28-17-6-2-7-18-28)29-19-8-3-9-20-29/h1-26H. The Hall–Kier alpha value is -5.34. The van der Waals surface area contributed by atoms with E-state index in [2.05, 4.69) is 140 Å². The molecule has 0 bridgehead atoms. The number of para-hydroxylation sites is 1. The first kappa shape index (κ1) is 23.5. The molecule has 192 valence electrons. The second kappa shape index (κ2) is 9.39. The maximum atomic E-state index is 5.27. The number of rotatable bonds is 4. The molecule has 0 unspecified atom stereocenters. The van der Waals surface area contributed by atoms with Crippen LogP contribution in [0.4, 0.5) is 0 Å². The van der Waals surface area contributed by atoms with E-state index in [0.717, 1.165) is 33.5 Å². The maximum absolute atomic E-state index is 5.27. The lowest BCUT2D eigenvalue weighted by atomic mass is 9.67. The van der Waals surface area contributed by atoms with Gasteiger partial charge in [0.2, 0.25) is 0 Å². The van der Waals surface area contributed by atoms with Crippen molar-refractivity contribution >= 4 is 10.9 Å². The lowest BCUT2D eigenvalue weighted by Crippen LogP contribution is -2.28. The lowest BCUT2D eigenvalue weighted by Gasteiger charge is -2.34. The van der Waals surface area contributed by atoms with Crippen molar-refractivity contribution in [2.75, 3.05) is 0 Å². The summed E-state index contributed by atoms with van der Waals surface area (Å²) in [6.45, 7) is 0. The summed E-state index contributed by atoms with van der Waals surface area (Å²) in [5.74, 6) is 0.737. The Kier molecular flexibility index (Phi) is 5.39. The van der Waals surface area contributed by atoms with Crippen LogP contribution in [0.1, 0.15) is 22.3 Å². The summed E-state index contributed by atoms with van der Waals surface area (Å²) >= 11 is 0. The molecule has 8 rings (SSSR count). The molecule has 0 saturated carbocycles. The number of fused-ring (bicyclic) bond motifs is 4. The summed E-state index contributed by atoms with van der Waals surface area (Å²) in [5.41, 5.74) is 11.1. The zero-order valence-electron chi connectivity index (χ0n) is 22.4. The molecule has 41 heavy (non-hydrogen) atoms. The SMILES string of the molecule is c1ccc(-c2nc(-c3cccc4c3-c3ccccc3C4(c3ccccc3)c3ccccc3)c3ccccc3n2)cc1. The smallest absolute Gasteiger partial charge is 0.160 e. The molecule has 0 atom stereocenters. The predicted molar refractivity (Wildman–Crippen MR) is 168 cm³/mol.